The van der Waals surface area contributed by atoms with Gasteiger partial charge in [0.25, 0.3) is 0 Å². The average Bonchev–Trinajstić information content (AvgIpc) is 2.30. The first-order chi connectivity index (χ1) is 7.26. The predicted molar refractivity (Wildman–Crippen MR) is 62.1 cm³/mol. The summed E-state index contributed by atoms with van der Waals surface area (Å²) in [6.45, 7) is 2.21. The van der Waals surface area contributed by atoms with E-state index >= 15 is 0 Å². The van der Waals surface area contributed by atoms with E-state index in [9.17, 15) is 0 Å². The number of hydrogen-bond donors (Lipinski definition) is 1. The molecular formula is C13H20N2. The summed E-state index contributed by atoms with van der Waals surface area (Å²) in [4.78, 5) is 0. The number of nitrogens with one attached hydrogen (secondary N) is 1. The molecule has 2 heteroatoms. The molecule has 0 aromatic carbocycles. The van der Waals surface area contributed by atoms with Gasteiger partial charge >= 0.3 is 0 Å². The maximum Gasteiger partial charge on any atom is 0.0822 e. The van der Waals surface area contributed by atoms with Crippen LogP contribution in [0.3, 0.4) is 0 Å². The Morgan fingerprint density at radius 1 is 1.40 bits per heavy atom. The molecule has 1 atom stereocenters. The third-order valence-corrected chi connectivity index (χ3v) is 3.46. The van der Waals surface area contributed by atoms with Crippen LogP contribution in [0.25, 0.3) is 0 Å². The van der Waals surface area contributed by atoms with E-state index in [0.717, 1.165) is 6.42 Å². The number of hydrogen-bond acceptors (Lipinski definition) is 2. The second-order valence-electron chi connectivity index (χ2n) is 4.42. The van der Waals surface area contributed by atoms with Crippen LogP contribution in [0.4, 0.5) is 0 Å². The van der Waals surface area contributed by atoms with Gasteiger partial charge in [-0.05, 0) is 19.3 Å². The van der Waals surface area contributed by atoms with Crippen molar-refractivity contribution in [3.63, 3.8) is 0 Å². The van der Waals surface area contributed by atoms with Crippen LogP contribution in [0.15, 0.2) is 0 Å². The van der Waals surface area contributed by atoms with E-state index in [1.165, 1.54) is 32.1 Å². The summed E-state index contributed by atoms with van der Waals surface area (Å²) >= 11 is 0. The molecule has 0 spiro atoms. The van der Waals surface area contributed by atoms with E-state index in [2.05, 4.69) is 24.2 Å². The van der Waals surface area contributed by atoms with Gasteiger partial charge in [0, 0.05) is 5.54 Å². The van der Waals surface area contributed by atoms with Crippen molar-refractivity contribution in [2.45, 2.75) is 63.5 Å². The fourth-order valence-electron chi connectivity index (χ4n) is 2.44. The molecule has 15 heavy (non-hydrogen) atoms. The molecule has 0 radical (unpaired) electrons. The first kappa shape index (κ1) is 12.1. The Kier molecular flexibility index (Phi) is 4.66. The van der Waals surface area contributed by atoms with Crippen molar-refractivity contribution in [2.24, 2.45) is 0 Å². The zero-order chi connectivity index (χ0) is 11.1. The van der Waals surface area contributed by atoms with E-state index in [4.69, 9.17) is 11.7 Å². The Bertz CT molecular complexity index is 263. The first-order valence-electron chi connectivity index (χ1n) is 5.87. The van der Waals surface area contributed by atoms with Crippen molar-refractivity contribution in [2.75, 3.05) is 0 Å². The molecule has 0 aromatic heterocycles. The fraction of sp³-hybridized carbons (Fsp3) is 0.769. The van der Waals surface area contributed by atoms with Gasteiger partial charge in [0.2, 0.25) is 0 Å². The number of nitriles is 1. The lowest BCUT2D eigenvalue weighted by atomic mass is 9.79. The SMILES string of the molecule is C#CC(CC#N)NC1(CC)CCCCC1. The molecule has 1 rings (SSSR count). The van der Waals surface area contributed by atoms with Crippen molar-refractivity contribution >= 4 is 0 Å². The summed E-state index contributed by atoms with van der Waals surface area (Å²) in [5.41, 5.74) is 0.201. The minimum Gasteiger partial charge on any atom is -0.297 e. The van der Waals surface area contributed by atoms with Gasteiger partial charge in [-0.3, -0.25) is 5.32 Å². The van der Waals surface area contributed by atoms with E-state index in [-0.39, 0.29) is 11.6 Å². The second kappa shape index (κ2) is 5.79. The quantitative estimate of drug-likeness (QED) is 0.714. The molecule has 0 aromatic rings. The van der Waals surface area contributed by atoms with Gasteiger partial charge in [0.15, 0.2) is 0 Å². The highest BCUT2D eigenvalue weighted by Gasteiger charge is 2.31. The Morgan fingerprint density at radius 3 is 2.53 bits per heavy atom. The van der Waals surface area contributed by atoms with Crippen LogP contribution in [-0.2, 0) is 0 Å². The van der Waals surface area contributed by atoms with Gasteiger partial charge in [-0.1, -0.05) is 32.1 Å². The Labute approximate surface area is 93.1 Å². The molecule has 82 valence electrons. The van der Waals surface area contributed by atoms with Crippen LogP contribution < -0.4 is 5.32 Å². The summed E-state index contributed by atoms with van der Waals surface area (Å²) in [7, 11) is 0. The van der Waals surface area contributed by atoms with Crippen molar-refractivity contribution in [3.8, 4) is 18.4 Å². The zero-order valence-corrected chi connectivity index (χ0v) is 9.55. The third-order valence-electron chi connectivity index (χ3n) is 3.46. The van der Waals surface area contributed by atoms with Gasteiger partial charge in [-0.25, -0.2) is 0 Å². The van der Waals surface area contributed by atoms with Gasteiger partial charge < -0.3 is 0 Å². The summed E-state index contributed by atoms with van der Waals surface area (Å²) < 4.78 is 0. The van der Waals surface area contributed by atoms with Gasteiger partial charge in [0.05, 0.1) is 18.5 Å². The van der Waals surface area contributed by atoms with Crippen molar-refractivity contribution in [1.82, 2.24) is 5.32 Å². The Hall–Kier alpha value is -0.990. The third kappa shape index (κ3) is 3.26. The molecule has 0 heterocycles. The average molecular weight is 204 g/mol. The molecule has 0 saturated heterocycles. The molecule has 1 saturated carbocycles. The monoisotopic (exact) mass is 204 g/mol. The first-order valence-corrected chi connectivity index (χ1v) is 5.87. The maximum atomic E-state index is 8.67. The lowest BCUT2D eigenvalue weighted by Gasteiger charge is -2.39. The van der Waals surface area contributed by atoms with E-state index in [1.807, 2.05) is 0 Å². The normalized spacial score (nSPS) is 21.3. The van der Waals surface area contributed by atoms with E-state index in [0.29, 0.717) is 6.42 Å². The van der Waals surface area contributed by atoms with Gasteiger partial charge in [-0.15, -0.1) is 6.42 Å². The van der Waals surface area contributed by atoms with Crippen molar-refractivity contribution in [3.05, 3.63) is 0 Å². The number of nitrogens with zero attached hydrogens (tertiary/aromatic N) is 1. The molecular weight excluding hydrogens is 184 g/mol. The lowest BCUT2D eigenvalue weighted by molar-refractivity contribution is 0.213. The molecule has 0 aliphatic heterocycles. The molecule has 1 unspecified atom stereocenters. The topological polar surface area (TPSA) is 35.8 Å². The molecule has 0 bridgehead atoms. The maximum absolute atomic E-state index is 8.67. The van der Waals surface area contributed by atoms with E-state index < -0.39 is 0 Å². The summed E-state index contributed by atoms with van der Waals surface area (Å²) in [6.07, 6.45) is 13.3. The summed E-state index contributed by atoms with van der Waals surface area (Å²) in [5.74, 6) is 2.68. The lowest BCUT2D eigenvalue weighted by Crippen LogP contribution is -2.50. The van der Waals surface area contributed by atoms with Crippen LogP contribution in [-0.4, -0.2) is 11.6 Å². The van der Waals surface area contributed by atoms with Crippen LogP contribution >= 0.6 is 0 Å². The minimum atomic E-state index is -0.0759. The highest BCUT2D eigenvalue weighted by atomic mass is 15.0. The van der Waals surface area contributed by atoms with Crippen molar-refractivity contribution < 1.29 is 0 Å². The molecule has 2 nitrogen and oxygen atoms in total. The summed E-state index contributed by atoms with van der Waals surface area (Å²) in [5, 5.41) is 12.2. The zero-order valence-electron chi connectivity index (χ0n) is 9.55. The molecule has 1 fully saturated rings. The van der Waals surface area contributed by atoms with Crippen LogP contribution in [0, 0.1) is 23.7 Å². The molecule has 1 aliphatic carbocycles. The Balaban J connectivity index is 2.58. The van der Waals surface area contributed by atoms with Crippen molar-refractivity contribution in [1.29, 1.82) is 5.26 Å². The minimum absolute atomic E-state index is 0.0759. The largest absolute Gasteiger partial charge is 0.297 e. The standard InChI is InChI=1S/C13H20N2/c1-3-12(8-11-14)15-13(4-2)9-6-5-7-10-13/h1,12,15H,4-10H2,2H3. The smallest absolute Gasteiger partial charge is 0.0822 e. The van der Waals surface area contributed by atoms with Crippen LogP contribution in [0.2, 0.25) is 0 Å². The highest BCUT2D eigenvalue weighted by molar-refractivity contribution is 5.07. The molecule has 0 amide bonds. The van der Waals surface area contributed by atoms with Gasteiger partial charge in [0.1, 0.15) is 0 Å². The number of rotatable bonds is 4. The van der Waals surface area contributed by atoms with E-state index in [1.54, 1.807) is 0 Å². The van der Waals surface area contributed by atoms with Crippen LogP contribution in [0.1, 0.15) is 51.9 Å². The fourth-order valence-corrected chi connectivity index (χ4v) is 2.44. The van der Waals surface area contributed by atoms with Crippen LogP contribution in [0.5, 0.6) is 0 Å². The summed E-state index contributed by atoms with van der Waals surface area (Å²) in [6, 6.07) is 2.07. The predicted octanol–water partition coefficient (Wildman–Crippen LogP) is 2.60. The molecule has 1 N–H and O–H groups in total. The number of terminal acetylenes is 1. The Morgan fingerprint density at radius 2 is 2.07 bits per heavy atom. The highest BCUT2D eigenvalue weighted by Crippen LogP contribution is 2.31. The molecule has 1 aliphatic rings. The van der Waals surface area contributed by atoms with Gasteiger partial charge in [-0.2, -0.15) is 5.26 Å². The second-order valence-corrected chi connectivity index (χ2v) is 4.42.